The summed E-state index contributed by atoms with van der Waals surface area (Å²) in [7, 11) is 0. The third-order valence-electron chi connectivity index (χ3n) is 3.15. The number of piperidine rings is 1. The van der Waals surface area contributed by atoms with Crippen LogP contribution in [0.3, 0.4) is 0 Å². The number of hydrogen-bond donors (Lipinski definition) is 2. The molecule has 19 heavy (non-hydrogen) atoms. The Morgan fingerprint density at radius 3 is 2.84 bits per heavy atom. The lowest BCUT2D eigenvalue weighted by Crippen LogP contribution is -2.44. The first-order valence-electron chi connectivity index (χ1n) is 6.41. The zero-order valence-corrected chi connectivity index (χ0v) is 12.5. The Labute approximate surface area is 120 Å². The van der Waals surface area contributed by atoms with E-state index in [0.29, 0.717) is 10.3 Å². The van der Waals surface area contributed by atoms with E-state index >= 15 is 0 Å². The molecule has 1 unspecified atom stereocenters. The molecule has 0 aliphatic carbocycles. The molecule has 1 aliphatic rings. The van der Waals surface area contributed by atoms with Crippen molar-refractivity contribution < 1.29 is 4.79 Å². The molecule has 104 valence electrons. The van der Waals surface area contributed by atoms with Crippen molar-refractivity contribution in [3.63, 3.8) is 0 Å². The Morgan fingerprint density at radius 2 is 2.16 bits per heavy atom. The number of likely N-dealkylation sites (tertiary alicyclic amines) is 1. The second kappa shape index (κ2) is 6.18. The second-order valence-electron chi connectivity index (χ2n) is 4.68. The molecule has 0 radical (unpaired) electrons. The molecule has 7 heteroatoms. The summed E-state index contributed by atoms with van der Waals surface area (Å²) in [5, 5.41) is 3.08. The van der Waals surface area contributed by atoms with Gasteiger partial charge in [-0.1, -0.05) is 0 Å². The maximum absolute atomic E-state index is 12.3. The molecule has 1 fully saturated rings. The molecule has 1 aromatic heterocycles. The normalized spacial score (nSPS) is 17.1. The summed E-state index contributed by atoms with van der Waals surface area (Å²) in [6, 6.07) is -0.330. The molecular weight excluding hydrogens is 310 g/mol. The highest BCUT2D eigenvalue weighted by Crippen LogP contribution is 2.20. The summed E-state index contributed by atoms with van der Waals surface area (Å²) in [6.45, 7) is 3.53. The molecule has 2 heterocycles. The van der Waals surface area contributed by atoms with Crippen LogP contribution in [0.5, 0.6) is 0 Å². The second-order valence-corrected chi connectivity index (χ2v) is 5.53. The fourth-order valence-electron chi connectivity index (χ4n) is 2.14. The average Bonchev–Trinajstić information content (AvgIpc) is 2.43. The Bertz CT molecular complexity index is 461. The van der Waals surface area contributed by atoms with Gasteiger partial charge in [-0.2, -0.15) is 4.98 Å². The molecule has 1 atom stereocenters. The van der Waals surface area contributed by atoms with Gasteiger partial charge in [-0.25, -0.2) is 4.98 Å². The Balaban J connectivity index is 2.01. The Morgan fingerprint density at radius 1 is 1.47 bits per heavy atom. The van der Waals surface area contributed by atoms with Crippen molar-refractivity contribution >= 4 is 33.6 Å². The standard InChI is InChI=1S/C12H18BrN5O/c1-8(11(19)18-5-3-2-4-6-18)16-10-9(13)7-15-12(14)17-10/h7-8H,2-6H2,1H3,(H3,14,15,16,17). The number of nitrogen functional groups attached to an aromatic ring is 1. The van der Waals surface area contributed by atoms with Gasteiger partial charge < -0.3 is 16.0 Å². The van der Waals surface area contributed by atoms with Crippen molar-refractivity contribution in [3.8, 4) is 0 Å². The number of nitrogens with zero attached hydrogens (tertiary/aromatic N) is 3. The molecule has 6 nitrogen and oxygen atoms in total. The lowest BCUT2D eigenvalue weighted by atomic mass is 10.1. The quantitative estimate of drug-likeness (QED) is 0.881. The van der Waals surface area contributed by atoms with E-state index in [1.165, 1.54) is 6.42 Å². The minimum atomic E-state index is -0.330. The van der Waals surface area contributed by atoms with Crippen LogP contribution in [0.1, 0.15) is 26.2 Å². The van der Waals surface area contributed by atoms with Gasteiger partial charge in [0.1, 0.15) is 11.9 Å². The number of halogens is 1. The smallest absolute Gasteiger partial charge is 0.244 e. The van der Waals surface area contributed by atoms with E-state index in [1.807, 2.05) is 11.8 Å². The first-order valence-corrected chi connectivity index (χ1v) is 7.20. The van der Waals surface area contributed by atoms with E-state index in [4.69, 9.17) is 5.73 Å². The van der Waals surface area contributed by atoms with Gasteiger partial charge in [-0.15, -0.1) is 0 Å². The maximum Gasteiger partial charge on any atom is 0.244 e. The van der Waals surface area contributed by atoms with Crippen LogP contribution in [0, 0.1) is 0 Å². The van der Waals surface area contributed by atoms with Crippen molar-refractivity contribution in [2.75, 3.05) is 24.1 Å². The van der Waals surface area contributed by atoms with Gasteiger partial charge in [-0.05, 0) is 42.1 Å². The third kappa shape index (κ3) is 3.56. The zero-order valence-electron chi connectivity index (χ0n) is 10.9. The van der Waals surface area contributed by atoms with Crippen LogP contribution in [0.15, 0.2) is 10.7 Å². The van der Waals surface area contributed by atoms with E-state index in [-0.39, 0.29) is 17.9 Å². The van der Waals surface area contributed by atoms with Gasteiger partial charge in [0, 0.05) is 19.3 Å². The lowest BCUT2D eigenvalue weighted by molar-refractivity contribution is -0.132. The minimum absolute atomic E-state index is 0.101. The van der Waals surface area contributed by atoms with E-state index in [0.717, 1.165) is 25.9 Å². The SMILES string of the molecule is CC(Nc1nc(N)ncc1Br)C(=O)N1CCCCC1. The Hall–Kier alpha value is -1.37. The van der Waals surface area contributed by atoms with Gasteiger partial charge >= 0.3 is 0 Å². The number of nitrogens with two attached hydrogens (primary N) is 1. The number of carbonyl (C=O) groups excluding carboxylic acids is 1. The Kier molecular flexibility index (Phi) is 4.57. The molecule has 1 saturated heterocycles. The zero-order chi connectivity index (χ0) is 13.8. The average molecular weight is 328 g/mol. The molecule has 1 aliphatic heterocycles. The van der Waals surface area contributed by atoms with Crippen molar-refractivity contribution in [1.29, 1.82) is 0 Å². The number of rotatable bonds is 3. The number of amides is 1. The summed E-state index contributed by atoms with van der Waals surface area (Å²) in [4.78, 5) is 22.1. The molecule has 0 bridgehead atoms. The summed E-state index contributed by atoms with van der Waals surface area (Å²) >= 11 is 3.34. The van der Waals surface area contributed by atoms with Gasteiger partial charge in [0.05, 0.1) is 4.47 Å². The molecule has 3 N–H and O–H groups in total. The highest BCUT2D eigenvalue weighted by atomic mass is 79.9. The topological polar surface area (TPSA) is 84.1 Å². The third-order valence-corrected chi connectivity index (χ3v) is 3.73. The van der Waals surface area contributed by atoms with Gasteiger partial charge in [0.2, 0.25) is 11.9 Å². The molecule has 2 rings (SSSR count). The number of nitrogens with one attached hydrogen (secondary N) is 1. The van der Waals surface area contributed by atoms with E-state index < -0.39 is 0 Å². The predicted molar refractivity (Wildman–Crippen MR) is 77.7 cm³/mol. The number of hydrogen-bond acceptors (Lipinski definition) is 5. The lowest BCUT2D eigenvalue weighted by Gasteiger charge is -2.29. The summed E-state index contributed by atoms with van der Waals surface area (Å²) in [5.74, 6) is 0.831. The number of anilines is 2. The highest BCUT2D eigenvalue weighted by molar-refractivity contribution is 9.10. The first kappa shape index (κ1) is 14.0. The van der Waals surface area contributed by atoms with E-state index in [2.05, 4.69) is 31.2 Å². The van der Waals surface area contributed by atoms with Crippen LogP contribution in [0.2, 0.25) is 0 Å². The molecule has 1 amide bonds. The monoisotopic (exact) mass is 327 g/mol. The van der Waals surface area contributed by atoms with Crippen LogP contribution < -0.4 is 11.1 Å². The summed E-state index contributed by atoms with van der Waals surface area (Å²) in [5.41, 5.74) is 5.54. The van der Waals surface area contributed by atoms with Crippen LogP contribution >= 0.6 is 15.9 Å². The molecule has 0 saturated carbocycles. The summed E-state index contributed by atoms with van der Waals surface area (Å²) < 4.78 is 0.694. The van der Waals surface area contributed by atoms with Crippen LogP contribution in [-0.4, -0.2) is 39.9 Å². The number of aromatic nitrogens is 2. The molecular formula is C12H18BrN5O. The van der Waals surface area contributed by atoms with Crippen LogP contribution in [0.4, 0.5) is 11.8 Å². The summed E-state index contributed by atoms with van der Waals surface area (Å²) in [6.07, 6.45) is 4.95. The number of carbonyl (C=O) groups is 1. The predicted octanol–water partition coefficient (Wildman–Crippen LogP) is 1.63. The molecule has 1 aromatic rings. The minimum Gasteiger partial charge on any atom is -0.368 e. The highest BCUT2D eigenvalue weighted by Gasteiger charge is 2.22. The molecule has 0 spiro atoms. The van der Waals surface area contributed by atoms with Crippen molar-refractivity contribution in [3.05, 3.63) is 10.7 Å². The molecule has 0 aromatic carbocycles. The van der Waals surface area contributed by atoms with Crippen LogP contribution in [-0.2, 0) is 4.79 Å². The largest absolute Gasteiger partial charge is 0.368 e. The maximum atomic E-state index is 12.3. The van der Waals surface area contributed by atoms with Crippen molar-refractivity contribution in [1.82, 2.24) is 14.9 Å². The van der Waals surface area contributed by atoms with E-state index in [1.54, 1.807) is 6.20 Å². The van der Waals surface area contributed by atoms with E-state index in [9.17, 15) is 4.79 Å². The van der Waals surface area contributed by atoms with Crippen LogP contribution in [0.25, 0.3) is 0 Å². The van der Waals surface area contributed by atoms with Gasteiger partial charge in [0.25, 0.3) is 0 Å². The van der Waals surface area contributed by atoms with Crippen molar-refractivity contribution in [2.24, 2.45) is 0 Å². The van der Waals surface area contributed by atoms with Gasteiger partial charge in [0.15, 0.2) is 0 Å². The first-order chi connectivity index (χ1) is 9.08. The van der Waals surface area contributed by atoms with Crippen molar-refractivity contribution in [2.45, 2.75) is 32.2 Å². The fourth-order valence-corrected chi connectivity index (χ4v) is 2.44. The fraction of sp³-hybridized carbons (Fsp3) is 0.583. The van der Waals surface area contributed by atoms with Gasteiger partial charge in [-0.3, -0.25) is 4.79 Å².